The van der Waals surface area contributed by atoms with Crippen molar-refractivity contribution >= 4 is 5.97 Å². The Bertz CT molecular complexity index is 200. The first-order valence-electron chi connectivity index (χ1n) is 3.37. The van der Waals surface area contributed by atoms with E-state index in [-0.39, 0.29) is 0 Å². The maximum atomic E-state index is 10.6. The number of carbonyl (C=O) groups is 1. The summed E-state index contributed by atoms with van der Waals surface area (Å²) in [4.78, 5) is 10.6. The zero-order valence-corrected chi connectivity index (χ0v) is 6.63. The van der Waals surface area contributed by atoms with E-state index >= 15 is 0 Å². The fourth-order valence-electron chi connectivity index (χ4n) is 0.628. The molecule has 0 aliphatic heterocycles. The van der Waals surface area contributed by atoms with E-state index in [1.807, 2.05) is 0 Å². The number of terminal acetylenes is 1. The normalized spacial score (nSPS) is 14.5. The highest BCUT2D eigenvalue weighted by Gasteiger charge is 2.28. The van der Waals surface area contributed by atoms with Gasteiger partial charge in [-0.3, -0.25) is 4.79 Å². The highest BCUT2D eigenvalue weighted by atomic mass is 16.4. The summed E-state index contributed by atoms with van der Waals surface area (Å²) in [6.07, 6.45) is 7.35. The minimum atomic E-state index is -0.872. The molecule has 0 aliphatic rings. The molecule has 0 aromatic carbocycles. The number of carboxylic acid groups (broad SMARTS) is 1. The molecule has 60 valence electrons. The molecule has 0 fully saturated rings. The minimum absolute atomic E-state index is 0.447. The van der Waals surface area contributed by atoms with Crippen molar-refractivity contribution < 1.29 is 9.90 Å². The Morgan fingerprint density at radius 1 is 1.91 bits per heavy atom. The van der Waals surface area contributed by atoms with Crippen molar-refractivity contribution in [1.82, 2.24) is 0 Å². The van der Waals surface area contributed by atoms with Crippen LogP contribution in [0.5, 0.6) is 0 Å². The van der Waals surface area contributed by atoms with Crippen molar-refractivity contribution in [3.05, 3.63) is 12.7 Å². The fraction of sp³-hybridized carbons (Fsp3) is 0.444. The predicted molar refractivity (Wildman–Crippen MR) is 44.0 cm³/mol. The van der Waals surface area contributed by atoms with Gasteiger partial charge >= 0.3 is 5.97 Å². The molecule has 0 radical (unpaired) electrons. The maximum absolute atomic E-state index is 10.6. The molecule has 2 nitrogen and oxygen atoms in total. The number of rotatable bonds is 4. The lowest BCUT2D eigenvalue weighted by Gasteiger charge is -2.18. The zero-order chi connectivity index (χ0) is 8.91. The molecule has 2 heteroatoms. The van der Waals surface area contributed by atoms with Crippen LogP contribution in [0.25, 0.3) is 0 Å². The Labute approximate surface area is 66.9 Å². The quantitative estimate of drug-likeness (QED) is 0.491. The fourth-order valence-corrected chi connectivity index (χ4v) is 0.628. The smallest absolute Gasteiger partial charge is 0.313 e. The van der Waals surface area contributed by atoms with Crippen molar-refractivity contribution in [2.75, 3.05) is 0 Å². The van der Waals surface area contributed by atoms with Crippen LogP contribution < -0.4 is 0 Å². The van der Waals surface area contributed by atoms with Crippen molar-refractivity contribution in [2.45, 2.75) is 19.8 Å². The monoisotopic (exact) mass is 152 g/mol. The van der Waals surface area contributed by atoms with Crippen molar-refractivity contribution in [2.24, 2.45) is 5.41 Å². The SMILES string of the molecule is C#CCCC(C)(C=C)C(=O)O. The number of hydrogen-bond donors (Lipinski definition) is 1. The summed E-state index contributed by atoms with van der Waals surface area (Å²) in [5.41, 5.74) is -0.869. The van der Waals surface area contributed by atoms with Gasteiger partial charge in [-0.2, -0.15) is 0 Å². The molecule has 1 unspecified atom stereocenters. The molecule has 1 N–H and O–H groups in total. The largest absolute Gasteiger partial charge is 0.481 e. The van der Waals surface area contributed by atoms with Gasteiger partial charge in [0.1, 0.15) is 0 Å². The van der Waals surface area contributed by atoms with E-state index in [1.54, 1.807) is 6.92 Å². The highest BCUT2D eigenvalue weighted by molar-refractivity contribution is 5.76. The van der Waals surface area contributed by atoms with Crippen LogP contribution >= 0.6 is 0 Å². The van der Waals surface area contributed by atoms with Crippen LogP contribution in [0.2, 0.25) is 0 Å². The van der Waals surface area contributed by atoms with Gasteiger partial charge in [0.05, 0.1) is 5.41 Å². The van der Waals surface area contributed by atoms with Gasteiger partial charge in [0.2, 0.25) is 0 Å². The Hall–Kier alpha value is -1.23. The topological polar surface area (TPSA) is 37.3 Å². The second-order valence-electron chi connectivity index (χ2n) is 2.63. The van der Waals surface area contributed by atoms with Gasteiger partial charge in [0.25, 0.3) is 0 Å². The molecule has 0 heterocycles. The zero-order valence-electron chi connectivity index (χ0n) is 6.63. The third-order valence-electron chi connectivity index (χ3n) is 1.73. The molecule has 0 aromatic heterocycles. The first kappa shape index (κ1) is 9.77. The Morgan fingerprint density at radius 2 is 2.45 bits per heavy atom. The molecular formula is C9H12O2. The van der Waals surface area contributed by atoms with Crippen LogP contribution in [-0.2, 0) is 4.79 Å². The summed E-state index contributed by atoms with van der Waals surface area (Å²) in [5.74, 6) is 1.53. The lowest BCUT2D eigenvalue weighted by atomic mass is 9.86. The molecule has 0 aliphatic carbocycles. The van der Waals surface area contributed by atoms with Gasteiger partial charge in [-0.05, 0) is 13.3 Å². The van der Waals surface area contributed by atoms with Gasteiger partial charge < -0.3 is 5.11 Å². The first-order valence-corrected chi connectivity index (χ1v) is 3.37. The van der Waals surface area contributed by atoms with Crippen LogP contribution in [0.3, 0.4) is 0 Å². The van der Waals surface area contributed by atoms with Gasteiger partial charge in [0, 0.05) is 6.42 Å². The summed E-state index contributed by atoms with van der Waals surface area (Å²) in [6, 6.07) is 0. The molecule has 1 atom stereocenters. The van der Waals surface area contributed by atoms with Crippen LogP contribution in [0.4, 0.5) is 0 Å². The van der Waals surface area contributed by atoms with Gasteiger partial charge in [-0.15, -0.1) is 18.9 Å². The second kappa shape index (κ2) is 3.82. The van der Waals surface area contributed by atoms with E-state index in [4.69, 9.17) is 11.5 Å². The standard InChI is InChI=1S/C9H12O2/c1-4-6-7-9(3,5-2)8(10)11/h1,5H,2,6-7H2,3H3,(H,10,11). The average Bonchev–Trinajstić information content (AvgIpc) is 2.00. The Balaban J connectivity index is 4.25. The molecule has 0 rings (SSSR count). The third-order valence-corrected chi connectivity index (χ3v) is 1.73. The molecule has 0 saturated carbocycles. The highest BCUT2D eigenvalue weighted by Crippen LogP contribution is 2.24. The maximum Gasteiger partial charge on any atom is 0.313 e. The predicted octanol–water partition coefficient (Wildman–Crippen LogP) is 1.68. The van der Waals surface area contributed by atoms with Gasteiger partial charge in [-0.25, -0.2) is 0 Å². The van der Waals surface area contributed by atoms with Crippen molar-refractivity contribution in [1.29, 1.82) is 0 Å². The third kappa shape index (κ3) is 2.46. The average molecular weight is 152 g/mol. The molecule has 0 aromatic rings. The number of hydrogen-bond acceptors (Lipinski definition) is 1. The molecule has 0 saturated heterocycles. The minimum Gasteiger partial charge on any atom is -0.481 e. The number of carboxylic acids is 1. The molecular weight excluding hydrogens is 140 g/mol. The van der Waals surface area contributed by atoms with E-state index in [0.29, 0.717) is 12.8 Å². The van der Waals surface area contributed by atoms with E-state index in [0.717, 1.165) is 0 Å². The van der Waals surface area contributed by atoms with Gasteiger partial charge in [0.15, 0.2) is 0 Å². The van der Waals surface area contributed by atoms with E-state index in [2.05, 4.69) is 12.5 Å². The first-order chi connectivity index (χ1) is 5.06. The van der Waals surface area contributed by atoms with E-state index in [1.165, 1.54) is 6.08 Å². The summed E-state index contributed by atoms with van der Waals surface area (Å²) in [6.45, 7) is 5.07. The Morgan fingerprint density at radius 3 is 2.73 bits per heavy atom. The van der Waals surface area contributed by atoms with Crippen LogP contribution in [0.15, 0.2) is 12.7 Å². The van der Waals surface area contributed by atoms with Crippen LogP contribution in [0.1, 0.15) is 19.8 Å². The van der Waals surface area contributed by atoms with Gasteiger partial charge in [-0.1, -0.05) is 6.08 Å². The molecule has 0 amide bonds. The Kier molecular flexibility index (Phi) is 3.39. The van der Waals surface area contributed by atoms with E-state index in [9.17, 15) is 4.79 Å². The summed E-state index contributed by atoms with van der Waals surface area (Å²) < 4.78 is 0. The summed E-state index contributed by atoms with van der Waals surface area (Å²) >= 11 is 0. The molecule has 0 spiro atoms. The molecule has 0 bridgehead atoms. The van der Waals surface area contributed by atoms with Crippen LogP contribution in [-0.4, -0.2) is 11.1 Å². The summed E-state index contributed by atoms with van der Waals surface area (Å²) in [5, 5.41) is 8.72. The lowest BCUT2D eigenvalue weighted by molar-refractivity contribution is -0.145. The van der Waals surface area contributed by atoms with Crippen molar-refractivity contribution in [3.63, 3.8) is 0 Å². The molecule has 11 heavy (non-hydrogen) atoms. The second-order valence-corrected chi connectivity index (χ2v) is 2.63. The van der Waals surface area contributed by atoms with Crippen molar-refractivity contribution in [3.8, 4) is 12.3 Å². The lowest BCUT2D eigenvalue weighted by Crippen LogP contribution is -2.24. The van der Waals surface area contributed by atoms with Crippen LogP contribution in [0, 0.1) is 17.8 Å². The number of aliphatic carboxylic acids is 1. The summed E-state index contributed by atoms with van der Waals surface area (Å²) in [7, 11) is 0. The van der Waals surface area contributed by atoms with E-state index < -0.39 is 11.4 Å².